The number of ether oxygens (including phenoxy) is 1. The maximum Gasteiger partial charge on any atom is 0.325 e. The maximum absolute atomic E-state index is 12.6. The van der Waals surface area contributed by atoms with Gasteiger partial charge < -0.3 is 15.0 Å². The lowest BCUT2D eigenvalue weighted by Crippen LogP contribution is -2.39. The van der Waals surface area contributed by atoms with E-state index < -0.39 is 0 Å². The summed E-state index contributed by atoms with van der Waals surface area (Å²) >= 11 is 1.56. The second-order valence-electron chi connectivity index (χ2n) is 6.41. The molecule has 8 heteroatoms. The third-order valence-corrected chi connectivity index (χ3v) is 5.62. The van der Waals surface area contributed by atoms with E-state index in [1.54, 1.807) is 28.2 Å². The molecule has 0 spiro atoms. The van der Waals surface area contributed by atoms with Crippen LogP contribution in [0.3, 0.4) is 0 Å². The third-order valence-electron chi connectivity index (χ3n) is 4.59. The van der Waals surface area contributed by atoms with Gasteiger partial charge in [-0.3, -0.25) is 9.69 Å². The van der Waals surface area contributed by atoms with Crippen LogP contribution in [0.15, 0.2) is 48.5 Å². The Bertz CT molecular complexity index is 969. The Kier molecular flexibility index (Phi) is 5.12. The number of benzene rings is 2. The minimum absolute atomic E-state index is 0.0381. The quantitative estimate of drug-likeness (QED) is 0.695. The molecular weight excluding hydrogens is 376 g/mol. The van der Waals surface area contributed by atoms with Gasteiger partial charge in [0.2, 0.25) is 5.91 Å². The Labute approximate surface area is 166 Å². The van der Waals surface area contributed by atoms with Crippen molar-refractivity contribution in [2.24, 2.45) is 0 Å². The average molecular weight is 396 g/mol. The van der Waals surface area contributed by atoms with Gasteiger partial charge in [-0.1, -0.05) is 12.1 Å². The van der Waals surface area contributed by atoms with Crippen LogP contribution in [0.5, 0.6) is 5.75 Å². The van der Waals surface area contributed by atoms with E-state index in [2.05, 4.69) is 10.3 Å². The van der Waals surface area contributed by atoms with E-state index in [9.17, 15) is 9.59 Å². The van der Waals surface area contributed by atoms with Crippen molar-refractivity contribution in [3.63, 3.8) is 0 Å². The van der Waals surface area contributed by atoms with Crippen molar-refractivity contribution in [1.82, 2.24) is 15.2 Å². The molecule has 0 unspecified atom stereocenters. The summed E-state index contributed by atoms with van der Waals surface area (Å²) in [6.45, 7) is 1.47. The van der Waals surface area contributed by atoms with E-state index >= 15 is 0 Å². The van der Waals surface area contributed by atoms with Crippen LogP contribution in [-0.4, -0.2) is 48.6 Å². The molecule has 0 bridgehead atoms. The number of urea groups is 1. The first-order valence-corrected chi connectivity index (χ1v) is 9.77. The van der Waals surface area contributed by atoms with Crippen molar-refractivity contribution < 1.29 is 14.3 Å². The van der Waals surface area contributed by atoms with Crippen molar-refractivity contribution in [1.29, 1.82) is 0 Å². The number of amides is 3. The second kappa shape index (κ2) is 7.85. The number of nitrogens with zero attached hydrogens (tertiary/aromatic N) is 3. The number of fused-ring (bicyclic) bond motifs is 1. The molecule has 2 aromatic carbocycles. The minimum atomic E-state index is -0.191. The number of carbonyl (C=O) groups is 2. The zero-order chi connectivity index (χ0) is 19.5. The number of nitrogens with one attached hydrogen (secondary N) is 1. The lowest BCUT2D eigenvalue weighted by Gasteiger charge is -2.18. The van der Waals surface area contributed by atoms with Gasteiger partial charge in [0.25, 0.3) is 0 Å². The van der Waals surface area contributed by atoms with Crippen molar-refractivity contribution >= 4 is 39.2 Å². The van der Waals surface area contributed by atoms with Gasteiger partial charge in [-0.05, 0) is 36.4 Å². The lowest BCUT2D eigenvalue weighted by molar-refractivity contribution is -0.121. The molecule has 1 aromatic heterocycles. The van der Waals surface area contributed by atoms with Crippen LogP contribution in [0.1, 0.15) is 5.01 Å². The number of carbonyl (C=O) groups excluding carboxylic acids is 2. The molecule has 0 atom stereocenters. The number of rotatable bonds is 6. The summed E-state index contributed by atoms with van der Waals surface area (Å²) in [5.74, 6) is 0.547. The summed E-state index contributed by atoms with van der Waals surface area (Å²) < 4.78 is 6.24. The summed E-state index contributed by atoms with van der Waals surface area (Å²) in [5.41, 5.74) is 1.73. The molecule has 1 N–H and O–H groups in total. The molecule has 3 aromatic rings. The second-order valence-corrected chi connectivity index (χ2v) is 7.52. The first-order chi connectivity index (χ1) is 13.6. The summed E-state index contributed by atoms with van der Waals surface area (Å²) in [6, 6.07) is 15.0. The molecule has 0 radical (unpaired) electrons. The molecule has 0 saturated carbocycles. The van der Waals surface area contributed by atoms with Crippen molar-refractivity contribution in [3.8, 4) is 5.75 Å². The Morgan fingerprint density at radius 2 is 1.96 bits per heavy atom. The largest absolute Gasteiger partial charge is 0.497 e. The maximum atomic E-state index is 12.6. The Hall–Kier alpha value is -3.13. The average Bonchev–Trinajstić information content (AvgIpc) is 3.30. The number of hydrogen-bond donors (Lipinski definition) is 1. The van der Waals surface area contributed by atoms with E-state index in [1.807, 2.05) is 48.5 Å². The van der Waals surface area contributed by atoms with Gasteiger partial charge in [0.1, 0.15) is 17.3 Å². The normalized spacial score (nSPS) is 14.0. The van der Waals surface area contributed by atoms with Gasteiger partial charge in [0, 0.05) is 18.8 Å². The van der Waals surface area contributed by atoms with Gasteiger partial charge in [0.05, 0.1) is 23.9 Å². The Morgan fingerprint density at radius 1 is 1.18 bits per heavy atom. The van der Waals surface area contributed by atoms with E-state index in [1.165, 1.54) is 0 Å². The number of aromatic nitrogens is 1. The molecule has 3 amide bonds. The van der Waals surface area contributed by atoms with Gasteiger partial charge in [0.15, 0.2) is 0 Å². The topological polar surface area (TPSA) is 74.8 Å². The fraction of sp³-hybridized carbons (Fsp3) is 0.250. The summed E-state index contributed by atoms with van der Waals surface area (Å²) in [6.07, 6.45) is 0. The molecular formula is C20H20N4O3S. The van der Waals surface area contributed by atoms with Crippen LogP contribution in [0.2, 0.25) is 0 Å². The van der Waals surface area contributed by atoms with Crippen molar-refractivity contribution in [2.75, 3.05) is 31.6 Å². The van der Waals surface area contributed by atoms with Crippen LogP contribution in [0.25, 0.3) is 10.2 Å². The SMILES string of the molecule is COc1ccc(N2CCN(CC(=O)NCc3nc4ccccc4s3)C2=O)cc1. The highest BCUT2D eigenvalue weighted by molar-refractivity contribution is 7.18. The number of para-hydroxylation sites is 1. The van der Waals surface area contributed by atoms with Gasteiger partial charge in [-0.15, -0.1) is 11.3 Å². The van der Waals surface area contributed by atoms with E-state index in [0.717, 1.165) is 26.7 Å². The molecule has 1 fully saturated rings. The number of thiazole rings is 1. The van der Waals surface area contributed by atoms with Gasteiger partial charge in [-0.2, -0.15) is 0 Å². The molecule has 1 saturated heterocycles. The minimum Gasteiger partial charge on any atom is -0.497 e. The van der Waals surface area contributed by atoms with E-state index in [-0.39, 0.29) is 18.5 Å². The molecule has 4 rings (SSSR count). The van der Waals surface area contributed by atoms with Crippen LogP contribution in [0.4, 0.5) is 10.5 Å². The molecule has 7 nitrogen and oxygen atoms in total. The Balaban J connectivity index is 1.32. The summed E-state index contributed by atoms with van der Waals surface area (Å²) in [4.78, 5) is 32.6. The zero-order valence-corrected chi connectivity index (χ0v) is 16.2. The van der Waals surface area contributed by atoms with Crippen LogP contribution in [0, 0.1) is 0 Å². The standard InChI is InChI=1S/C20H20N4O3S/c1-27-15-8-6-14(7-9-15)24-11-10-23(20(24)26)13-18(25)21-12-19-22-16-4-2-3-5-17(16)28-19/h2-9H,10-13H2,1H3,(H,21,25). The lowest BCUT2D eigenvalue weighted by atomic mass is 10.3. The highest BCUT2D eigenvalue weighted by Gasteiger charge is 2.30. The fourth-order valence-electron chi connectivity index (χ4n) is 3.13. The molecule has 28 heavy (non-hydrogen) atoms. The molecule has 0 aliphatic carbocycles. The summed E-state index contributed by atoms with van der Waals surface area (Å²) in [5, 5.41) is 3.71. The molecule has 1 aliphatic rings. The Morgan fingerprint density at radius 3 is 2.71 bits per heavy atom. The first-order valence-electron chi connectivity index (χ1n) is 8.95. The number of methoxy groups -OCH3 is 1. The predicted molar refractivity (Wildman–Crippen MR) is 109 cm³/mol. The monoisotopic (exact) mass is 396 g/mol. The smallest absolute Gasteiger partial charge is 0.325 e. The highest BCUT2D eigenvalue weighted by Crippen LogP contribution is 2.23. The molecule has 2 heterocycles. The fourth-order valence-corrected chi connectivity index (χ4v) is 4.04. The van der Waals surface area contributed by atoms with Crippen LogP contribution >= 0.6 is 11.3 Å². The number of anilines is 1. The van der Waals surface area contributed by atoms with Crippen molar-refractivity contribution in [3.05, 3.63) is 53.5 Å². The van der Waals surface area contributed by atoms with E-state index in [4.69, 9.17) is 4.74 Å². The highest BCUT2D eigenvalue weighted by atomic mass is 32.1. The van der Waals surface area contributed by atoms with Gasteiger partial charge >= 0.3 is 6.03 Å². The summed E-state index contributed by atoms with van der Waals surface area (Å²) in [7, 11) is 1.60. The molecule has 144 valence electrons. The van der Waals surface area contributed by atoms with E-state index in [0.29, 0.717) is 19.6 Å². The first kappa shape index (κ1) is 18.2. The van der Waals surface area contributed by atoms with Crippen LogP contribution in [-0.2, 0) is 11.3 Å². The third kappa shape index (κ3) is 3.77. The molecule has 1 aliphatic heterocycles. The van der Waals surface area contributed by atoms with Gasteiger partial charge in [-0.25, -0.2) is 9.78 Å². The van der Waals surface area contributed by atoms with Crippen molar-refractivity contribution in [2.45, 2.75) is 6.54 Å². The zero-order valence-electron chi connectivity index (χ0n) is 15.4. The van der Waals surface area contributed by atoms with Crippen LogP contribution < -0.4 is 15.0 Å². The number of hydrogen-bond acceptors (Lipinski definition) is 5. The predicted octanol–water partition coefficient (Wildman–Crippen LogP) is 2.86.